The number of carbonyl (C=O) groups excluding carboxylic acids is 2. The first-order valence-electron chi connectivity index (χ1n) is 8.28. The molecule has 5 heteroatoms. The number of amides is 1. The highest BCUT2D eigenvalue weighted by Gasteiger charge is 2.26. The molecule has 0 saturated carbocycles. The lowest BCUT2D eigenvalue weighted by molar-refractivity contribution is -0.114. The number of piperazine rings is 1. The molecule has 1 heterocycles. The molecule has 0 aromatic heterocycles. The zero-order chi connectivity index (χ0) is 17.0. The topological polar surface area (TPSA) is 52.7 Å². The summed E-state index contributed by atoms with van der Waals surface area (Å²) in [7, 11) is 0. The Morgan fingerprint density at radius 1 is 0.957 bits per heavy atom. The molecule has 0 radical (unpaired) electrons. The van der Waals surface area contributed by atoms with E-state index in [1.807, 2.05) is 6.92 Å². The Bertz CT molecular complexity index is 546. The van der Waals surface area contributed by atoms with E-state index in [0.717, 1.165) is 26.2 Å². The van der Waals surface area contributed by atoms with E-state index in [0.29, 0.717) is 17.3 Å². The molecule has 1 aromatic rings. The van der Waals surface area contributed by atoms with Gasteiger partial charge in [-0.15, -0.1) is 0 Å². The van der Waals surface area contributed by atoms with Gasteiger partial charge in [-0.25, -0.2) is 0 Å². The van der Waals surface area contributed by atoms with Crippen molar-refractivity contribution in [3.05, 3.63) is 29.8 Å². The number of benzene rings is 1. The molecule has 2 rings (SSSR count). The molecule has 126 valence electrons. The van der Waals surface area contributed by atoms with E-state index < -0.39 is 0 Å². The van der Waals surface area contributed by atoms with Crippen LogP contribution in [0.2, 0.25) is 0 Å². The molecule has 1 saturated heterocycles. The van der Waals surface area contributed by atoms with Crippen molar-refractivity contribution in [2.75, 3.05) is 31.5 Å². The lowest BCUT2D eigenvalue weighted by atomic mass is 10.0. The van der Waals surface area contributed by atoms with Crippen molar-refractivity contribution in [2.24, 2.45) is 0 Å². The molecule has 1 amide bonds. The van der Waals surface area contributed by atoms with Crippen molar-refractivity contribution in [3.8, 4) is 0 Å². The third-order valence-corrected chi connectivity index (χ3v) is 4.50. The van der Waals surface area contributed by atoms with Gasteiger partial charge in [0.1, 0.15) is 0 Å². The first kappa shape index (κ1) is 17.6. The summed E-state index contributed by atoms with van der Waals surface area (Å²) in [6.07, 6.45) is 0. The second-order valence-corrected chi connectivity index (χ2v) is 6.46. The monoisotopic (exact) mass is 317 g/mol. The van der Waals surface area contributed by atoms with Crippen molar-refractivity contribution in [1.29, 1.82) is 0 Å². The van der Waals surface area contributed by atoms with Gasteiger partial charge >= 0.3 is 0 Å². The van der Waals surface area contributed by atoms with Crippen LogP contribution in [0.1, 0.15) is 38.1 Å². The molecular weight excluding hydrogens is 290 g/mol. The predicted octanol–water partition coefficient (Wildman–Crippen LogP) is 2.24. The number of hydrogen-bond acceptors (Lipinski definition) is 4. The van der Waals surface area contributed by atoms with Crippen LogP contribution in [0.4, 0.5) is 5.69 Å². The Morgan fingerprint density at radius 3 is 1.96 bits per heavy atom. The molecular formula is C18H27N3O2. The molecule has 1 N–H and O–H groups in total. The van der Waals surface area contributed by atoms with Crippen molar-refractivity contribution >= 4 is 17.4 Å². The molecule has 0 spiro atoms. The van der Waals surface area contributed by atoms with Crippen LogP contribution in [0.3, 0.4) is 0 Å². The van der Waals surface area contributed by atoms with Gasteiger partial charge < -0.3 is 5.32 Å². The van der Waals surface area contributed by atoms with E-state index in [1.54, 1.807) is 24.3 Å². The van der Waals surface area contributed by atoms with Gasteiger partial charge in [0, 0.05) is 50.4 Å². The van der Waals surface area contributed by atoms with E-state index in [2.05, 4.69) is 29.0 Å². The van der Waals surface area contributed by atoms with E-state index in [9.17, 15) is 9.59 Å². The fraction of sp³-hybridized carbons (Fsp3) is 0.556. The van der Waals surface area contributed by atoms with Crippen molar-refractivity contribution in [3.63, 3.8) is 0 Å². The summed E-state index contributed by atoms with van der Waals surface area (Å²) in [6, 6.07) is 7.57. The van der Waals surface area contributed by atoms with Crippen LogP contribution in [0, 0.1) is 0 Å². The van der Waals surface area contributed by atoms with Gasteiger partial charge in [0.25, 0.3) is 0 Å². The number of nitrogens with zero attached hydrogens (tertiary/aromatic N) is 2. The number of ketones is 1. The van der Waals surface area contributed by atoms with Gasteiger partial charge in [-0.2, -0.15) is 0 Å². The predicted molar refractivity (Wildman–Crippen MR) is 92.8 cm³/mol. The van der Waals surface area contributed by atoms with Gasteiger partial charge in [0.05, 0.1) is 6.04 Å². The van der Waals surface area contributed by atoms with Crippen molar-refractivity contribution < 1.29 is 9.59 Å². The minimum Gasteiger partial charge on any atom is -0.326 e. The third kappa shape index (κ3) is 4.62. The third-order valence-electron chi connectivity index (χ3n) is 4.50. The lowest BCUT2D eigenvalue weighted by Crippen LogP contribution is -2.53. The van der Waals surface area contributed by atoms with Crippen molar-refractivity contribution in [1.82, 2.24) is 9.80 Å². The number of nitrogens with one attached hydrogen (secondary N) is 1. The zero-order valence-corrected chi connectivity index (χ0v) is 14.5. The standard InChI is InChI=1S/C18H27N3O2/c1-13(2)20-9-11-21(12-10-20)14(3)18(23)16-5-7-17(8-6-16)19-15(4)22/h5-8,13-14H,9-12H2,1-4H3,(H,19,22). The molecule has 1 atom stereocenters. The molecule has 0 bridgehead atoms. The summed E-state index contributed by atoms with van der Waals surface area (Å²) in [4.78, 5) is 28.4. The average Bonchev–Trinajstić information content (AvgIpc) is 2.53. The molecule has 23 heavy (non-hydrogen) atoms. The van der Waals surface area contributed by atoms with E-state index in [-0.39, 0.29) is 17.7 Å². The highest BCUT2D eigenvalue weighted by atomic mass is 16.1. The minimum atomic E-state index is -0.115. The fourth-order valence-electron chi connectivity index (χ4n) is 2.97. The normalized spacial score (nSPS) is 18.0. The number of anilines is 1. The van der Waals surface area contributed by atoms with Crippen LogP contribution in [0.5, 0.6) is 0 Å². The van der Waals surface area contributed by atoms with Gasteiger partial charge in [-0.1, -0.05) is 0 Å². The van der Waals surface area contributed by atoms with Crippen molar-refractivity contribution in [2.45, 2.75) is 39.8 Å². The maximum atomic E-state index is 12.7. The van der Waals surface area contributed by atoms with Gasteiger partial charge in [0.2, 0.25) is 5.91 Å². The molecule has 0 aliphatic carbocycles. The molecule has 1 fully saturated rings. The molecule has 5 nitrogen and oxygen atoms in total. The fourth-order valence-corrected chi connectivity index (χ4v) is 2.97. The molecule has 1 aromatic carbocycles. The maximum Gasteiger partial charge on any atom is 0.221 e. The van der Waals surface area contributed by atoms with Crippen LogP contribution in [-0.2, 0) is 4.79 Å². The van der Waals surface area contributed by atoms with Gasteiger partial charge in [0.15, 0.2) is 5.78 Å². The Kier molecular flexibility index (Phi) is 5.91. The lowest BCUT2D eigenvalue weighted by Gasteiger charge is -2.39. The van der Waals surface area contributed by atoms with Gasteiger partial charge in [-0.05, 0) is 45.0 Å². The molecule has 1 aliphatic heterocycles. The zero-order valence-electron chi connectivity index (χ0n) is 14.5. The molecule has 1 unspecified atom stereocenters. The Hall–Kier alpha value is -1.72. The number of carbonyl (C=O) groups is 2. The number of rotatable bonds is 5. The Balaban J connectivity index is 1.96. The second-order valence-electron chi connectivity index (χ2n) is 6.46. The summed E-state index contributed by atoms with van der Waals surface area (Å²) < 4.78 is 0. The molecule has 1 aliphatic rings. The van der Waals surface area contributed by atoms with Crippen LogP contribution in [-0.4, -0.2) is 59.8 Å². The van der Waals surface area contributed by atoms with Crippen LogP contribution >= 0.6 is 0 Å². The highest BCUT2D eigenvalue weighted by molar-refractivity contribution is 6.00. The number of hydrogen-bond donors (Lipinski definition) is 1. The van der Waals surface area contributed by atoms with Crippen LogP contribution in [0.25, 0.3) is 0 Å². The first-order valence-corrected chi connectivity index (χ1v) is 8.28. The minimum absolute atomic E-state index is 0.111. The van der Waals surface area contributed by atoms with Crippen LogP contribution in [0.15, 0.2) is 24.3 Å². The van der Waals surface area contributed by atoms with E-state index >= 15 is 0 Å². The SMILES string of the molecule is CC(=O)Nc1ccc(C(=O)C(C)N2CCN(C(C)C)CC2)cc1. The Morgan fingerprint density at radius 2 is 1.48 bits per heavy atom. The summed E-state index contributed by atoms with van der Waals surface area (Å²) in [5, 5.41) is 2.71. The van der Waals surface area contributed by atoms with Crippen LogP contribution < -0.4 is 5.32 Å². The van der Waals surface area contributed by atoms with Gasteiger partial charge in [-0.3, -0.25) is 19.4 Å². The number of Topliss-reactive ketones (excluding diaryl/α,β-unsaturated/α-hetero) is 1. The summed E-state index contributed by atoms with van der Waals surface area (Å²) in [5.74, 6) is 0.0258. The summed E-state index contributed by atoms with van der Waals surface area (Å²) in [6.45, 7) is 11.7. The largest absolute Gasteiger partial charge is 0.326 e. The van der Waals surface area contributed by atoms with E-state index in [4.69, 9.17) is 0 Å². The second kappa shape index (κ2) is 7.70. The summed E-state index contributed by atoms with van der Waals surface area (Å²) in [5.41, 5.74) is 1.41. The average molecular weight is 317 g/mol. The summed E-state index contributed by atoms with van der Waals surface area (Å²) >= 11 is 0. The Labute approximate surface area is 138 Å². The van der Waals surface area contributed by atoms with E-state index in [1.165, 1.54) is 6.92 Å². The maximum absolute atomic E-state index is 12.7. The first-order chi connectivity index (χ1) is 10.9. The highest BCUT2D eigenvalue weighted by Crippen LogP contribution is 2.15. The quantitative estimate of drug-likeness (QED) is 0.846. The smallest absolute Gasteiger partial charge is 0.221 e.